The number of halogens is 2. The lowest BCUT2D eigenvalue weighted by Gasteiger charge is -2.26. The highest BCUT2D eigenvalue weighted by atomic mass is 19.1. The molecule has 2 aromatic carbocycles. The zero-order valence-corrected chi connectivity index (χ0v) is 14.1. The fourth-order valence-corrected chi connectivity index (χ4v) is 2.80. The van der Waals surface area contributed by atoms with E-state index in [0.717, 1.165) is 12.1 Å². The van der Waals surface area contributed by atoms with Crippen molar-refractivity contribution in [1.29, 1.82) is 0 Å². The number of para-hydroxylation sites is 2. The van der Waals surface area contributed by atoms with Gasteiger partial charge in [0.25, 0.3) is 5.91 Å². The lowest BCUT2D eigenvalue weighted by atomic mass is 10.2. The van der Waals surface area contributed by atoms with Crippen molar-refractivity contribution in [3.05, 3.63) is 72.1 Å². The minimum Gasteiger partial charge on any atom is -0.486 e. The van der Waals surface area contributed by atoms with Crippen LogP contribution in [0.3, 0.4) is 0 Å². The lowest BCUT2D eigenvalue weighted by Crippen LogP contribution is -2.33. The third kappa shape index (κ3) is 3.59. The molecule has 0 fully saturated rings. The third-order valence-electron chi connectivity index (χ3n) is 4.04. The second-order valence-corrected chi connectivity index (χ2v) is 6.00. The van der Waals surface area contributed by atoms with Gasteiger partial charge in [-0.05, 0) is 24.3 Å². The topological polar surface area (TPSA) is 65.4 Å². The van der Waals surface area contributed by atoms with Gasteiger partial charge in [-0.3, -0.25) is 9.48 Å². The Morgan fingerprint density at radius 1 is 1.15 bits per heavy atom. The van der Waals surface area contributed by atoms with Crippen LogP contribution < -0.4 is 14.8 Å². The van der Waals surface area contributed by atoms with Gasteiger partial charge in [0.2, 0.25) is 0 Å². The van der Waals surface area contributed by atoms with Crippen molar-refractivity contribution in [2.24, 2.45) is 0 Å². The van der Waals surface area contributed by atoms with Gasteiger partial charge in [0, 0.05) is 6.20 Å². The Balaban J connectivity index is 1.41. The molecule has 1 N–H and O–H groups in total. The zero-order valence-electron chi connectivity index (χ0n) is 14.1. The van der Waals surface area contributed by atoms with Gasteiger partial charge in [-0.25, -0.2) is 8.78 Å². The number of carbonyl (C=O) groups excluding carboxylic acids is 1. The monoisotopic (exact) mass is 371 g/mol. The number of nitrogens with one attached hydrogen (secondary N) is 1. The van der Waals surface area contributed by atoms with Gasteiger partial charge < -0.3 is 14.8 Å². The van der Waals surface area contributed by atoms with Crippen LogP contribution in [0.25, 0.3) is 0 Å². The van der Waals surface area contributed by atoms with Crippen molar-refractivity contribution < 1.29 is 23.0 Å². The molecular weight excluding hydrogens is 356 g/mol. The fraction of sp³-hybridized carbons (Fsp3) is 0.158. The molecule has 1 unspecified atom stereocenters. The molecule has 1 atom stereocenters. The van der Waals surface area contributed by atoms with Crippen molar-refractivity contribution in [3.8, 4) is 11.5 Å². The predicted octanol–water partition coefficient (Wildman–Crippen LogP) is 3.25. The first-order valence-electron chi connectivity index (χ1n) is 8.26. The Kier molecular flexibility index (Phi) is 4.45. The summed E-state index contributed by atoms with van der Waals surface area (Å²) >= 11 is 0. The number of fused-ring (bicyclic) bond motifs is 1. The summed E-state index contributed by atoms with van der Waals surface area (Å²) in [4.78, 5) is 12.1. The summed E-state index contributed by atoms with van der Waals surface area (Å²) in [6, 6.07) is 10.6. The van der Waals surface area contributed by atoms with E-state index >= 15 is 0 Å². The number of hydrogen-bond acceptors (Lipinski definition) is 4. The first-order chi connectivity index (χ1) is 13.1. The number of carbonyl (C=O) groups is 1. The largest absolute Gasteiger partial charge is 0.486 e. The van der Waals surface area contributed by atoms with Crippen LogP contribution in [-0.4, -0.2) is 28.4 Å². The molecule has 27 heavy (non-hydrogen) atoms. The van der Waals surface area contributed by atoms with E-state index in [1.54, 1.807) is 10.9 Å². The molecule has 0 saturated heterocycles. The van der Waals surface area contributed by atoms with Crippen molar-refractivity contribution in [2.75, 3.05) is 11.9 Å². The number of benzene rings is 2. The Morgan fingerprint density at radius 3 is 2.67 bits per heavy atom. The predicted molar refractivity (Wildman–Crippen MR) is 92.9 cm³/mol. The standard InChI is InChI=1S/C19H15F2N3O3/c20-14-4-3-5-15(21)18(14)19(25)23-12-8-22-24(9-12)10-13-11-26-16-6-1-2-7-17(16)27-13/h1-9,13H,10-11H2,(H,23,25). The molecule has 0 aliphatic carbocycles. The van der Waals surface area contributed by atoms with E-state index in [2.05, 4.69) is 10.4 Å². The average molecular weight is 371 g/mol. The van der Waals surface area contributed by atoms with Crippen LogP contribution in [0.4, 0.5) is 14.5 Å². The Hall–Kier alpha value is -3.42. The number of rotatable bonds is 4. The molecule has 3 aromatic rings. The summed E-state index contributed by atoms with van der Waals surface area (Å²) in [5, 5.41) is 6.58. The molecule has 0 spiro atoms. The molecule has 8 heteroatoms. The minimum atomic E-state index is -0.925. The van der Waals surface area contributed by atoms with Gasteiger partial charge in [-0.2, -0.15) is 5.10 Å². The maximum absolute atomic E-state index is 13.7. The van der Waals surface area contributed by atoms with Gasteiger partial charge in [0.1, 0.15) is 23.8 Å². The number of nitrogens with zero attached hydrogens (tertiary/aromatic N) is 2. The summed E-state index contributed by atoms with van der Waals surface area (Å²) in [6.45, 7) is 0.747. The van der Waals surface area contributed by atoms with E-state index in [9.17, 15) is 13.6 Å². The van der Waals surface area contributed by atoms with Gasteiger partial charge in [0.05, 0.1) is 18.4 Å². The van der Waals surface area contributed by atoms with Crippen LogP contribution in [0.2, 0.25) is 0 Å². The van der Waals surface area contributed by atoms with Crippen LogP contribution in [0.5, 0.6) is 11.5 Å². The molecule has 6 nitrogen and oxygen atoms in total. The number of amides is 1. The van der Waals surface area contributed by atoms with E-state index in [1.165, 1.54) is 12.3 Å². The maximum Gasteiger partial charge on any atom is 0.261 e. The van der Waals surface area contributed by atoms with Crippen LogP contribution in [-0.2, 0) is 6.54 Å². The van der Waals surface area contributed by atoms with E-state index < -0.39 is 23.1 Å². The second-order valence-electron chi connectivity index (χ2n) is 6.00. The number of ether oxygens (including phenoxy) is 2. The Bertz CT molecular complexity index is 970. The summed E-state index contributed by atoms with van der Waals surface area (Å²) in [5.74, 6) is -1.38. The smallest absolute Gasteiger partial charge is 0.261 e. The van der Waals surface area contributed by atoms with Crippen molar-refractivity contribution in [1.82, 2.24) is 9.78 Å². The molecule has 1 aromatic heterocycles. The highest BCUT2D eigenvalue weighted by molar-refractivity contribution is 6.04. The van der Waals surface area contributed by atoms with Crippen molar-refractivity contribution in [3.63, 3.8) is 0 Å². The maximum atomic E-state index is 13.7. The third-order valence-corrected chi connectivity index (χ3v) is 4.04. The molecule has 0 bridgehead atoms. The summed E-state index contributed by atoms with van der Waals surface area (Å²) < 4.78 is 40.4. The van der Waals surface area contributed by atoms with E-state index in [0.29, 0.717) is 30.3 Å². The summed E-state index contributed by atoms with van der Waals surface area (Å²) in [7, 11) is 0. The molecule has 1 aliphatic rings. The zero-order chi connectivity index (χ0) is 18.8. The second kappa shape index (κ2) is 7.06. The molecule has 0 radical (unpaired) electrons. The minimum absolute atomic E-state index is 0.257. The SMILES string of the molecule is O=C(Nc1cnn(CC2COc3ccccc3O2)c1)c1c(F)cccc1F. The first-order valence-corrected chi connectivity index (χ1v) is 8.26. The molecule has 4 rings (SSSR count). The van der Waals surface area contributed by atoms with Gasteiger partial charge in [0.15, 0.2) is 17.6 Å². The van der Waals surface area contributed by atoms with Crippen LogP contribution in [0.15, 0.2) is 54.9 Å². The fourth-order valence-electron chi connectivity index (χ4n) is 2.80. The molecule has 2 heterocycles. The molecule has 1 aliphatic heterocycles. The molecular formula is C19H15F2N3O3. The Morgan fingerprint density at radius 2 is 1.89 bits per heavy atom. The lowest BCUT2D eigenvalue weighted by molar-refractivity contribution is 0.0759. The summed E-state index contributed by atoms with van der Waals surface area (Å²) in [6.07, 6.45) is 2.70. The summed E-state index contributed by atoms with van der Waals surface area (Å²) in [5.41, 5.74) is -0.314. The molecule has 138 valence electrons. The normalized spacial score (nSPS) is 15.4. The van der Waals surface area contributed by atoms with Gasteiger partial charge in [-0.1, -0.05) is 18.2 Å². The van der Waals surface area contributed by atoms with Crippen LogP contribution in [0.1, 0.15) is 10.4 Å². The number of hydrogen-bond donors (Lipinski definition) is 1. The highest BCUT2D eigenvalue weighted by Crippen LogP contribution is 2.31. The van der Waals surface area contributed by atoms with Crippen LogP contribution in [0, 0.1) is 11.6 Å². The first kappa shape index (κ1) is 17.0. The quantitative estimate of drug-likeness (QED) is 0.765. The molecule has 0 saturated carbocycles. The Labute approximate surface area is 153 Å². The van der Waals surface area contributed by atoms with Gasteiger partial charge in [-0.15, -0.1) is 0 Å². The number of anilines is 1. The molecule has 1 amide bonds. The average Bonchev–Trinajstić information content (AvgIpc) is 3.08. The van der Waals surface area contributed by atoms with Crippen molar-refractivity contribution >= 4 is 11.6 Å². The van der Waals surface area contributed by atoms with E-state index in [1.807, 2.05) is 24.3 Å². The van der Waals surface area contributed by atoms with E-state index in [4.69, 9.17) is 9.47 Å². The van der Waals surface area contributed by atoms with Crippen molar-refractivity contribution in [2.45, 2.75) is 12.6 Å². The number of aromatic nitrogens is 2. The van der Waals surface area contributed by atoms with Crippen LogP contribution >= 0.6 is 0 Å². The highest BCUT2D eigenvalue weighted by Gasteiger charge is 2.22. The van der Waals surface area contributed by atoms with Gasteiger partial charge >= 0.3 is 0 Å². The van der Waals surface area contributed by atoms with E-state index in [-0.39, 0.29) is 6.10 Å².